The highest BCUT2D eigenvalue weighted by Crippen LogP contribution is 2.09. The first-order valence-corrected chi connectivity index (χ1v) is 6.68. The van der Waals surface area contributed by atoms with Gasteiger partial charge in [-0.15, -0.1) is 0 Å². The number of carbonyl (C=O) groups excluding carboxylic acids is 1. The molecule has 0 spiro atoms. The van der Waals surface area contributed by atoms with E-state index >= 15 is 0 Å². The van der Waals surface area contributed by atoms with Crippen LogP contribution in [0.5, 0.6) is 0 Å². The Hall–Kier alpha value is -2.08. The second-order valence-electron chi connectivity index (χ2n) is 5.94. The molecule has 1 aromatic rings. The molecule has 0 saturated heterocycles. The molecule has 116 valence electrons. The van der Waals surface area contributed by atoms with Gasteiger partial charge in [-0.1, -0.05) is 29.4 Å². The van der Waals surface area contributed by atoms with Crippen molar-refractivity contribution in [2.24, 2.45) is 10.9 Å². The van der Waals surface area contributed by atoms with E-state index in [1.54, 1.807) is 12.1 Å². The van der Waals surface area contributed by atoms with Crippen LogP contribution in [-0.2, 0) is 16.1 Å². The van der Waals surface area contributed by atoms with Gasteiger partial charge < -0.3 is 15.7 Å². The summed E-state index contributed by atoms with van der Waals surface area (Å²) in [6.45, 7) is 6.36. The number of oxime groups is 1. The standard InChI is InChI=1S/C15H23N3O3/c1-15(2,3)21-13(19)10-18(4)9-11-5-7-12(8-6-11)14(16)17-20/h5-8,20H,9-10H2,1-4H3,(H2,16,17). The predicted molar refractivity (Wildman–Crippen MR) is 81.1 cm³/mol. The Balaban J connectivity index is 2.55. The van der Waals surface area contributed by atoms with E-state index in [-0.39, 0.29) is 18.3 Å². The van der Waals surface area contributed by atoms with Crippen LogP contribution in [-0.4, -0.2) is 41.1 Å². The number of amidine groups is 1. The normalized spacial score (nSPS) is 12.5. The summed E-state index contributed by atoms with van der Waals surface area (Å²) in [5.74, 6) is -0.179. The van der Waals surface area contributed by atoms with Crippen LogP contribution >= 0.6 is 0 Å². The molecule has 0 aromatic heterocycles. The van der Waals surface area contributed by atoms with E-state index in [4.69, 9.17) is 15.7 Å². The third-order valence-electron chi connectivity index (χ3n) is 2.63. The number of ether oxygens (including phenoxy) is 1. The summed E-state index contributed by atoms with van der Waals surface area (Å²) in [4.78, 5) is 13.6. The van der Waals surface area contributed by atoms with Crippen molar-refractivity contribution in [3.8, 4) is 0 Å². The molecular formula is C15H23N3O3. The lowest BCUT2D eigenvalue weighted by atomic mass is 10.1. The van der Waals surface area contributed by atoms with Crippen LogP contribution in [0.1, 0.15) is 31.9 Å². The van der Waals surface area contributed by atoms with Gasteiger partial charge in [0, 0.05) is 12.1 Å². The quantitative estimate of drug-likeness (QED) is 0.283. The lowest BCUT2D eigenvalue weighted by Crippen LogP contribution is -2.32. The number of rotatable bonds is 5. The van der Waals surface area contributed by atoms with Crippen LogP contribution in [0.15, 0.2) is 29.4 Å². The molecule has 0 heterocycles. The summed E-state index contributed by atoms with van der Waals surface area (Å²) in [5.41, 5.74) is 6.70. The maximum Gasteiger partial charge on any atom is 0.320 e. The van der Waals surface area contributed by atoms with Crippen molar-refractivity contribution in [3.63, 3.8) is 0 Å². The summed E-state index contributed by atoms with van der Waals surface area (Å²) < 4.78 is 5.27. The topological polar surface area (TPSA) is 88.2 Å². The Morgan fingerprint density at radius 3 is 2.38 bits per heavy atom. The maximum atomic E-state index is 11.7. The first-order chi connectivity index (χ1) is 9.71. The number of hydrogen-bond acceptors (Lipinski definition) is 5. The molecule has 1 aromatic carbocycles. The van der Waals surface area contributed by atoms with Crippen molar-refractivity contribution in [1.29, 1.82) is 0 Å². The molecule has 6 heteroatoms. The van der Waals surface area contributed by atoms with Crippen LogP contribution in [0.4, 0.5) is 0 Å². The largest absolute Gasteiger partial charge is 0.459 e. The summed E-state index contributed by atoms with van der Waals surface area (Å²) in [6.07, 6.45) is 0. The number of likely N-dealkylation sites (N-methyl/N-ethyl adjacent to an activating group) is 1. The van der Waals surface area contributed by atoms with Gasteiger partial charge in [-0.05, 0) is 33.4 Å². The van der Waals surface area contributed by atoms with Crippen LogP contribution < -0.4 is 5.73 Å². The zero-order chi connectivity index (χ0) is 16.0. The number of carbonyl (C=O) groups is 1. The van der Waals surface area contributed by atoms with Gasteiger partial charge in [-0.25, -0.2) is 0 Å². The molecule has 0 radical (unpaired) electrons. The van der Waals surface area contributed by atoms with E-state index in [9.17, 15) is 4.79 Å². The van der Waals surface area contributed by atoms with E-state index in [2.05, 4.69) is 5.16 Å². The molecule has 0 atom stereocenters. The lowest BCUT2D eigenvalue weighted by Gasteiger charge is -2.22. The molecule has 0 amide bonds. The van der Waals surface area contributed by atoms with E-state index in [1.165, 1.54) is 0 Å². The van der Waals surface area contributed by atoms with Gasteiger partial charge in [-0.2, -0.15) is 0 Å². The maximum absolute atomic E-state index is 11.7. The lowest BCUT2D eigenvalue weighted by molar-refractivity contribution is -0.155. The summed E-state index contributed by atoms with van der Waals surface area (Å²) in [5, 5.41) is 11.5. The zero-order valence-electron chi connectivity index (χ0n) is 13.0. The Bertz CT molecular complexity index is 504. The first kappa shape index (κ1) is 17.0. The van der Waals surface area contributed by atoms with Gasteiger partial charge in [0.05, 0.1) is 6.54 Å². The number of nitrogens with zero attached hydrogens (tertiary/aromatic N) is 2. The third kappa shape index (κ3) is 6.27. The highest BCUT2D eigenvalue weighted by molar-refractivity contribution is 5.96. The summed E-state index contributed by atoms with van der Waals surface area (Å²) in [6, 6.07) is 7.29. The van der Waals surface area contributed by atoms with Crippen LogP contribution in [0.25, 0.3) is 0 Å². The van der Waals surface area contributed by atoms with Gasteiger partial charge in [-0.3, -0.25) is 9.69 Å². The Morgan fingerprint density at radius 2 is 1.90 bits per heavy atom. The van der Waals surface area contributed by atoms with E-state index < -0.39 is 5.60 Å². The zero-order valence-corrected chi connectivity index (χ0v) is 13.0. The fourth-order valence-corrected chi connectivity index (χ4v) is 1.80. The Labute approximate surface area is 125 Å². The second kappa shape index (κ2) is 7.08. The van der Waals surface area contributed by atoms with Crippen LogP contribution in [0.2, 0.25) is 0 Å². The average Bonchev–Trinajstić information content (AvgIpc) is 2.36. The molecule has 0 aliphatic carbocycles. The Kier molecular flexibility index (Phi) is 5.72. The highest BCUT2D eigenvalue weighted by atomic mass is 16.6. The van der Waals surface area contributed by atoms with E-state index in [0.717, 1.165) is 5.56 Å². The highest BCUT2D eigenvalue weighted by Gasteiger charge is 2.17. The van der Waals surface area contributed by atoms with Gasteiger partial charge in [0.15, 0.2) is 5.84 Å². The van der Waals surface area contributed by atoms with Crippen LogP contribution in [0, 0.1) is 0 Å². The van der Waals surface area contributed by atoms with Gasteiger partial charge in [0.1, 0.15) is 5.60 Å². The molecule has 21 heavy (non-hydrogen) atoms. The third-order valence-corrected chi connectivity index (χ3v) is 2.63. The molecule has 6 nitrogen and oxygen atoms in total. The molecule has 0 fully saturated rings. The first-order valence-electron chi connectivity index (χ1n) is 6.68. The number of benzene rings is 1. The molecular weight excluding hydrogens is 270 g/mol. The minimum absolute atomic E-state index is 0.0728. The molecule has 0 aliphatic rings. The number of esters is 1. The van der Waals surface area contributed by atoms with Crippen molar-refractivity contribution in [1.82, 2.24) is 4.90 Å². The van der Waals surface area contributed by atoms with Gasteiger partial charge in [0.2, 0.25) is 0 Å². The molecule has 1 rings (SSSR count). The fraction of sp³-hybridized carbons (Fsp3) is 0.467. The van der Waals surface area contributed by atoms with Gasteiger partial charge in [0.25, 0.3) is 0 Å². The average molecular weight is 293 g/mol. The second-order valence-corrected chi connectivity index (χ2v) is 5.94. The molecule has 0 saturated carbocycles. The number of nitrogens with two attached hydrogens (primary N) is 1. The fourth-order valence-electron chi connectivity index (χ4n) is 1.80. The van der Waals surface area contributed by atoms with Crippen molar-refractivity contribution in [3.05, 3.63) is 35.4 Å². The van der Waals surface area contributed by atoms with Crippen LogP contribution in [0.3, 0.4) is 0 Å². The molecule has 3 N–H and O–H groups in total. The summed E-state index contributed by atoms with van der Waals surface area (Å²) >= 11 is 0. The van der Waals surface area contributed by atoms with Crippen molar-refractivity contribution in [2.75, 3.05) is 13.6 Å². The van der Waals surface area contributed by atoms with E-state index in [0.29, 0.717) is 12.1 Å². The predicted octanol–water partition coefficient (Wildman–Crippen LogP) is 1.55. The SMILES string of the molecule is CN(CC(=O)OC(C)(C)C)Cc1ccc(/C(N)=N/O)cc1. The molecule has 0 unspecified atom stereocenters. The van der Waals surface area contributed by atoms with Crippen molar-refractivity contribution < 1.29 is 14.7 Å². The van der Waals surface area contributed by atoms with Crippen molar-refractivity contribution in [2.45, 2.75) is 32.9 Å². The van der Waals surface area contributed by atoms with Crippen molar-refractivity contribution >= 4 is 11.8 Å². The molecule has 0 bridgehead atoms. The minimum Gasteiger partial charge on any atom is -0.459 e. The van der Waals surface area contributed by atoms with E-state index in [1.807, 2.05) is 44.9 Å². The smallest absolute Gasteiger partial charge is 0.320 e. The van der Waals surface area contributed by atoms with Gasteiger partial charge >= 0.3 is 5.97 Å². The summed E-state index contributed by atoms with van der Waals surface area (Å²) in [7, 11) is 1.85. The minimum atomic E-state index is -0.472. The Morgan fingerprint density at radius 1 is 1.33 bits per heavy atom. The molecule has 0 aliphatic heterocycles. The monoisotopic (exact) mass is 293 g/mol. The number of hydrogen-bond donors (Lipinski definition) is 2.